The van der Waals surface area contributed by atoms with Crippen molar-refractivity contribution in [1.29, 1.82) is 0 Å². The zero-order valence-electron chi connectivity index (χ0n) is 12.7. The van der Waals surface area contributed by atoms with Crippen LogP contribution in [0.4, 0.5) is 0 Å². The van der Waals surface area contributed by atoms with Gasteiger partial charge in [0.05, 0.1) is 5.56 Å². The fraction of sp³-hybridized carbons (Fsp3) is 0.556. The minimum absolute atomic E-state index is 0.187. The Kier molecular flexibility index (Phi) is 3.03. The van der Waals surface area contributed by atoms with Gasteiger partial charge in [-0.1, -0.05) is 6.58 Å². The van der Waals surface area contributed by atoms with Crippen LogP contribution in [0.1, 0.15) is 60.2 Å². The Morgan fingerprint density at radius 3 is 2.77 bits per heavy atom. The van der Waals surface area contributed by atoms with Gasteiger partial charge in [-0.05, 0) is 61.8 Å². The van der Waals surface area contributed by atoms with Crippen LogP contribution in [-0.4, -0.2) is 5.91 Å². The van der Waals surface area contributed by atoms with E-state index < -0.39 is 0 Å². The number of amides is 1. The van der Waals surface area contributed by atoms with Gasteiger partial charge in [0.2, 0.25) is 0 Å². The third-order valence-electron chi connectivity index (χ3n) is 5.46. The normalized spacial score (nSPS) is 22.2. The van der Waals surface area contributed by atoms with Crippen LogP contribution in [0.2, 0.25) is 0 Å². The number of hydrogen-bond acceptors (Lipinski definition) is 3. The van der Waals surface area contributed by atoms with Crippen molar-refractivity contribution in [3.63, 3.8) is 0 Å². The Bertz CT molecular complexity index is 708. The molecule has 116 valence electrons. The average molecular weight is 299 g/mol. The third kappa shape index (κ3) is 2.40. The molecule has 1 aromatic rings. The number of aryl methyl sites for hydroxylation is 1. The van der Waals surface area contributed by atoms with E-state index in [1.165, 1.54) is 38.2 Å². The van der Waals surface area contributed by atoms with E-state index in [-0.39, 0.29) is 11.5 Å². The molecule has 4 nitrogen and oxygen atoms in total. The minimum Gasteiger partial charge on any atom is -0.427 e. The summed E-state index contributed by atoms with van der Waals surface area (Å²) >= 11 is 0. The van der Waals surface area contributed by atoms with E-state index in [0.29, 0.717) is 28.9 Å². The number of carbonyl (C=O) groups excluding carboxylic acids is 1. The molecule has 2 heterocycles. The molecule has 1 N–H and O–H groups in total. The average Bonchev–Trinajstić information content (AvgIpc) is 3.31. The topological polar surface area (TPSA) is 59.3 Å². The molecule has 0 unspecified atom stereocenters. The van der Waals surface area contributed by atoms with Crippen molar-refractivity contribution in [1.82, 2.24) is 5.32 Å². The smallest absolute Gasteiger partial charge is 0.336 e. The summed E-state index contributed by atoms with van der Waals surface area (Å²) in [5.74, 6) is 1.24. The predicted molar refractivity (Wildman–Crippen MR) is 82.6 cm³/mol. The second-order valence-corrected chi connectivity index (χ2v) is 7.11. The first kappa shape index (κ1) is 13.8. The van der Waals surface area contributed by atoms with Gasteiger partial charge in [-0.15, -0.1) is 0 Å². The van der Waals surface area contributed by atoms with Gasteiger partial charge < -0.3 is 9.73 Å². The lowest BCUT2D eigenvalue weighted by Gasteiger charge is -2.20. The van der Waals surface area contributed by atoms with E-state index in [2.05, 4.69) is 11.9 Å². The first-order valence-electron chi connectivity index (χ1n) is 8.22. The zero-order valence-corrected chi connectivity index (χ0v) is 12.7. The van der Waals surface area contributed by atoms with Gasteiger partial charge in [0.1, 0.15) is 5.76 Å². The lowest BCUT2D eigenvalue weighted by Crippen LogP contribution is -2.32. The Balaban J connectivity index is 1.52. The Morgan fingerprint density at radius 2 is 2.09 bits per heavy atom. The van der Waals surface area contributed by atoms with Crippen molar-refractivity contribution in [2.24, 2.45) is 11.3 Å². The molecule has 1 amide bonds. The summed E-state index contributed by atoms with van der Waals surface area (Å²) in [6, 6.07) is 1.49. The van der Waals surface area contributed by atoms with Crippen LogP contribution in [0.5, 0.6) is 0 Å². The van der Waals surface area contributed by atoms with Crippen LogP contribution >= 0.6 is 0 Å². The highest BCUT2D eigenvalue weighted by molar-refractivity contribution is 5.98. The zero-order chi connectivity index (χ0) is 15.3. The molecule has 0 radical (unpaired) electrons. The number of fused-ring (bicyclic) bond motifs is 1. The van der Waals surface area contributed by atoms with E-state index in [1.54, 1.807) is 0 Å². The van der Waals surface area contributed by atoms with E-state index in [9.17, 15) is 9.59 Å². The maximum Gasteiger partial charge on any atom is 0.336 e. The SMILES string of the molecule is C=C1Cc2oc(=O)cc(CCCC3(C4CC4)CC3)c2C(=O)N1. The van der Waals surface area contributed by atoms with Crippen molar-refractivity contribution >= 4 is 5.91 Å². The highest BCUT2D eigenvalue weighted by Crippen LogP contribution is 2.63. The monoisotopic (exact) mass is 299 g/mol. The molecular formula is C18H21NO3. The van der Waals surface area contributed by atoms with Gasteiger partial charge in [0.15, 0.2) is 0 Å². The first-order valence-corrected chi connectivity index (χ1v) is 8.22. The van der Waals surface area contributed by atoms with E-state index in [4.69, 9.17) is 4.42 Å². The molecule has 0 spiro atoms. The van der Waals surface area contributed by atoms with Crippen LogP contribution in [0.25, 0.3) is 0 Å². The third-order valence-corrected chi connectivity index (χ3v) is 5.46. The van der Waals surface area contributed by atoms with Gasteiger partial charge in [-0.2, -0.15) is 0 Å². The minimum atomic E-state index is -0.362. The number of carbonyl (C=O) groups is 1. The maximum atomic E-state index is 12.2. The molecule has 1 aromatic heterocycles. The second kappa shape index (κ2) is 4.83. The lowest BCUT2D eigenvalue weighted by atomic mass is 9.90. The summed E-state index contributed by atoms with van der Waals surface area (Å²) in [6.45, 7) is 3.76. The standard InChI is InChI=1S/C18H21NO3/c1-11-9-14-16(17(21)19-11)12(10-15(20)22-14)3-2-6-18(7-8-18)13-4-5-13/h10,13H,1-9H2,(H,19,21). The van der Waals surface area contributed by atoms with E-state index in [1.807, 2.05) is 0 Å². The summed E-state index contributed by atoms with van der Waals surface area (Å²) in [4.78, 5) is 23.9. The van der Waals surface area contributed by atoms with Crippen LogP contribution in [0, 0.1) is 11.3 Å². The van der Waals surface area contributed by atoms with Gasteiger partial charge in [-0.3, -0.25) is 4.79 Å². The molecule has 0 aromatic carbocycles. The molecule has 0 atom stereocenters. The molecule has 22 heavy (non-hydrogen) atoms. The second-order valence-electron chi connectivity index (χ2n) is 7.11. The molecule has 4 heteroatoms. The summed E-state index contributed by atoms with van der Waals surface area (Å²) in [7, 11) is 0. The number of hydrogen-bond donors (Lipinski definition) is 1. The largest absolute Gasteiger partial charge is 0.427 e. The Labute approximate surface area is 129 Å². The summed E-state index contributed by atoms with van der Waals surface area (Å²) in [5, 5.41) is 2.75. The molecule has 2 saturated carbocycles. The van der Waals surface area contributed by atoms with Crippen molar-refractivity contribution < 1.29 is 9.21 Å². The van der Waals surface area contributed by atoms with E-state index >= 15 is 0 Å². The van der Waals surface area contributed by atoms with Crippen molar-refractivity contribution in [3.05, 3.63) is 45.6 Å². The van der Waals surface area contributed by atoms with Crippen molar-refractivity contribution in [3.8, 4) is 0 Å². The fourth-order valence-electron chi connectivity index (χ4n) is 4.00. The van der Waals surface area contributed by atoms with Crippen LogP contribution in [0.15, 0.2) is 27.6 Å². The van der Waals surface area contributed by atoms with Crippen LogP contribution < -0.4 is 10.9 Å². The van der Waals surface area contributed by atoms with Crippen molar-refractivity contribution in [2.45, 2.75) is 51.4 Å². The predicted octanol–water partition coefficient (Wildman–Crippen LogP) is 2.95. The fourth-order valence-corrected chi connectivity index (χ4v) is 4.00. The molecule has 2 fully saturated rings. The molecule has 0 saturated heterocycles. The molecule has 0 bridgehead atoms. The number of nitrogens with one attached hydrogen (secondary N) is 1. The Hall–Kier alpha value is -1.84. The van der Waals surface area contributed by atoms with Gasteiger partial charge in [0, 0.05) is 18.2 Å². The maximum absolute atomic E-state index is 12.2. The highest BCUT2D eigenvalue weighted by atomic mass is 16.4. The van der Waals surface area contributed by atoms with Gasteiger partial charge in [-0.25, -0.2) is 4.79 Å². The Morgan fingerprint density at radius 1 is 1.32 bits per heavy atom. The molecule has 1 aliphatic heterocycles. The van der Waals surface area contributed by atoms with Crippen LogP contribution in [0.3, 0.4) is 0 Å². The number of allylic oxidation sites excluding steroid dienone is 1. The summed E-state index contributed by atoms with van der Waals surface area (Å²) < 4.78 is 5.21. The lowest BCUT2D eigenvalue weighted by molar-refractivity contribution is 0.0952. The molecule has 3 aliphatic rings. The van der Waals surface area contributed by atoms with Crippen molar-refractivity contribution in [2.75, 3.05) is 0 Å². The summed E-state index contributed by atoms with van der Waals surface area (Å²) in [5.41, 5.74) is 2.23. The van der Waals surface area contributed by atoms with E-state index in [0.717, 1.165) is 24.3 Å². The van der Waals surface area contributed by atoms with Gasteiger partial charge >= 0.3 is 5.63 Å². The first-order chi connectivity index (χ1) is 10.6. The molecule has 4 rings (SSSR count). The molecule has 2 aliphatic carbocycles. The highest BCUT2D eigenvalue weighted by Gasteiger charge is 2.52. The summed E-state index contributed by atoms with van der Waals surface area (Å²) in [6.07, 6.45) is 8.99. The molecular weight excluding hydrogens is 278 g/mol. The quantitative estimate of drug-likeness (QED) is 0.909. The van der Waals surface area contributed by atoms with Gasteiger partial charge in [0.25, 0.3) is 5.91 Å². The number of rotatable bonds is 5. The van der Waals surface area contributed by atoms with Crippen LogP contribution in [-0.2, 0) is 12.8 Å².